The number of carbonyl (C=O) groups excluding carboxylic acids is 1. The first-order chi connectivity index (χ1) is 14.2. The van der Waals surface area contributed by atoms with Gasteiger partial charge in [0.05, 0.1) is 5.56 Å². The van der Waals surface area contributed by atoms with Crippen LogP contribution in [0.2, 0.25) is 5.02 Å². The molecule has 0 aliphatic carbocycles. The minimum absolute atomic E-state index is 0.148. The molecule has 0 saturated carbocycles. The van der Waals surface area contributed by atoms with Crippen molar-refractivity contribution in [2.45, 2.75) is 19.3 Å². The van der Waals surface area contributed by atoms with Crippen LogP contribution in [0.4, 0.5) is 0 Å². The van der Waals surface area contributed by atoms with E-state index in [1.54, 1.807) is 24.3 Å². The molecule has 0 amide bonds. The molecule has 152 valence electrons. The number of ether oxygens (including phenoxy) is 3. The third-order valence-corrected chi connectivity index (χ3v) is 5.52. The average Bonchev–Trinajstić information content (AvgIpc) is 3.20. The van der Waals surface area contributed by atoms with E-state index < -0.39 is 0 Å². The van der Waals surface area contributed by atoms with Crippen molar-refractivity contribution < 1.29 is 19.0 Å². The number of benzene rings is 2. The van der Waals surface area contributed by atoms with E-state index in [0.717, 1.165) is 25.2 Å². The van der Waals surface area contributed by atoms with Gasteiger partial charge < -0.3 is 14.2 Å². The molecule has 6 heteroatoms. The monoisotopic (exact) mass is 413 g/mol. The number of hydrogen-bond donors (Lipinski definition) is 0. The van der Waals surface area contributed by atoms with Gasteiger partial charge in [-0.15, -0.1) is 0 Å². The first-order valence-electron chi connectivity index (χ1n) is 9.96. The van der Waals surface area contributed by atoms with Gasteiger partial charge >= 0.3 is 0 Å². The number of piperidine rings is 1. The summed E-state index contributed by atoms with van der Waals surface area (Å²) in [6.45, 7) is 3.73. The van der Waals surface area contributed by atoms with Crippen molar-refractivity contribution in [3.05, 3.63) is 58.6 Å². The van der Waals surface area contributed by atoms with Gasteiger partial charge in [0.25, 0.3) is 0 Å². The van der Waals surface area contributed by atoms with E-state index in [1.165, 1.54) is 25.3 Å². The second kappa shape index (κ2) is 9.33. The van der Waals surface area contributed by atoms with E-state index >= 15 is 0 Å². The molecule has 1 fully saturated rings. The summed E-state index contributed by atoms with van der Waals surface area (Å²) < 4.78 is 16.9. The molecule has 2 heterocycles. The van der Waals surface area contributed by atoms with Crippen LogP contribution >= 0.6 is 11.6 Å². The number of ketones is 1. The number of allylic oxidation sites excluding steroid dienone is 1. The first-order valence-corrected chi connectivity index (χ1v) is 10.3. The van der Waals surface area contributed by atoms with Crippen molar-refractivity contribution in [2.24, 2.45) is 0 Å². The van der Waals surface area contributed by atoms with Crippen LogP contribution < -0.4 is 14.2 Å². The van der Waals surface area contributed by atoms with Crippen LogP contribution in [-0.2, 0) is 0 Å². The molecule has 0 atom stereocenters. The highest BCUT2D eigenvalue weighted by Gasteiger charge is 2.21. The van der Waals surface area contributed by atoms with E-state index in [-0.39, 0.29) is 12.6 Å². The third-order valence-electron chi connectivity index (χ3n) is 5.17. The molecule has 5 nitrogen and oxygen atoms in total. The molecule has 0 radical (unpaired) electrons. The Bertz CT molecular complexity index is 906. The summed E-state index contributed by atoms with van der Waals surface area (Å²) in [6, 6.07) is 10.8. The lowest BCUT2D eigenvalue weighted by Crippen LogP contribution is -2.33. The molecule has 29 heavy (non-hydrogen) atoms. The van der Waals surface area contributed by atoms with Crippen molar-refractivity contribution in [3.8, 4) is 17.2 Å². The zero-order valence-electron chi connectivity index (χ0n) is 16.2. The highest BCUT2D eigenvalue weighted by Crippen LogP contribution is 2.38. The highest BCUT2D eigenvalue weighted by molar-refractivity contribution is 6.32. The molecule has 0 aromatic heterocycles. The maximum absolute atomic E-state index is 12.9. The van der Waals surface area contributed by atoms with Gasteiger partial charge in [-0.25, -0.2) is 0 Å². The van der Waals surface area contributed by atoms with Gasteiger partial charge in [0.2, 0.25) is 6.79 Å². The van der Waals surface area contributed by atoms with E-state index in [9.17, 15) is 4.79 Å². The van der Waals surface area contributed by atoms with Gasteiger partial charge in [0.15, 0.2) is 17.3 Å². The summed E-state index contributed by atoms with van der Waals surface area (Å²) in [5.41, 5.74) is 1.24. The topological polar surface area (TPSA) is 48.0 Å². The van der Waals surface area contributed by atoms with Gasteiger partial charge in [0.1, 0.15) is 12.4 Å². The molecule has 0 N–H and O–H groups in total. The Labute approximate surface area is 175 Å². The lowest BCUT2D eigenvalue weighted by Gasteiger charge is -2.26. The number of rotatable bonds is 7. The minimum atomic E-state index is -0.170. The largest absolute Gasteiger partial charge is 0.491 e. The molecule has 2 aromatic rings. The molecule has 0 bridgehead atoms. The van der Waals surface area contributed by atoms with Gasteiger partial charge in [0, 0.05) is 17.6 Å². The standard InChI is InChI=1S/C23H24ClNO4/c24-19-7-3-2-6-17(19)8-9-20(26)18-14-22-23(29-16-28-22)15-21(18)27-13-12-25-10-4-1-5-11-25/h2-3,6-9,14-15H,1,4-5,10-13,16H2/b9-8+. The van der Waals surface area contributed by atoms with Crippen molar-refractivity contribution in [2.75, 3.05) is 33.0 Å². The lowest BCUT2D eigenvalue weighted by atomic mass is 10.1. The summed E-state index contributed by atoms with van der Waals surface area (Å²) in [6.07, 6.45) is 7.00. The molecule has 1 saturated heterocycles. The lowest BCUT2D eigenvalue weighted by molar-refractivity contribution is 0.104. The molecule has 0 spiro atoms. The summed E-state index contributed by atoms with van der Waals surface area (Å²) in [5, 5.41) is 0.597. The van der Waals surface area contributed by atoms with Crippen LogP contribution in [0.1, 0.15) is 35.2 Å². The molecule has 2 aromatic carbocycles. The Balaban J connectivity index is 1.50. The van der Waals surface area contributed by atoms with Crippen LogP contribution in [0.15, 0.2) is 42.5 Å². The number of fused-ring (bicyclic) bond motifs is 1. The summed E-state index contributed by atoms with van der Waals surface area (Å²) >= 11 is 6.18. The zero-order chi connectivity index (χ0) is 20.1. The van der Waals surface area contributed by atoms with Crippen LogP contribution in [0.25, 0.3) is 6.08 Å². The predicted molar refractivity (Wildman–Crippen MR) is 113 cm³/mol. The molecular formula is C23H24ClNO4. The van der Waals surface area contributed by atoms with Crippen molar-refractivity contribution in [1.82, 2.24) is 4.90 Å². The Morgan fingerprint density at radius 1 is 1.10 bits per heavy atom. The van der Waals surface area contributed by atoms with E-state index in [2.05, 4.69) is 4.90 Å². The maximum Gasteiger partial charge on any atom is 0.231 e. The quantitative estimate of drug-likeness (QED) is 0.480. The number of carbonyl (C=O) groups is 1. The molecule has 4 rings (SSSR count). The SMILES string of the molecule is O=C(/C=C/c1ccccc1Cl)c1cc2c(cc1OCCN1CCCCC1)OCO2. The number of likely N-dealkylation sites (tertiary alicyclic amines) is 1. The van der Waals surface area contributed by atoms with Gasteiger partial charge in [-0.2, -0.15) is 0 Å². The Hall–Kier alpha value is -2.50. The van der Waals surface area contributed by atoms with Crippen LogP contribution in [0, 0.1) is 0 Å². The second-order valence-corrected chi connectivity index (χ2v) is 7.58. The molecule has 2 aliphatic heterocycles. The second-order valence-electron chi connectivity index (χ2n) is 7.17. The van der Waals surface area contributed by atoms with Crippen molar-refractivity contribution >= 4 is 23.5 Å². The van der Waals surface area contributed by atoms with Gasteiger partial charge in [-0.05, 0) is 55.8 Å². The fourth-order valence-corrected chi connectivity index (χ4v) is 3.77. The van der Waals surface area contributed by atoms with E-state index in [1.807, 2.05) is 18.2 Å². The minimum Gasteiger partial charge on any atom is -0.491 e. The van der Waals surface area contributed by atoms with Gasteiger partial charge in [-0.3, -0.25) is 9.69 Å². The van der Waals surface area contributed by atoms with Crippen LogP contribution in [0.5, 0.6) is 17.2 Å². The third kappa shape index (κ3) is 4.92. The molecule has 0 unspecified atom stereocenters. The fraction of sp³-hybridized carbons (Fsp3) is 0.348. The average molecular weight is 414 g/mol. The molecular weight excluding hydrogens is 390 g/mol. The smallest absolute Gasteiger partial charge is 0.231 e. The predicted octanol–water partition coefficient (Wildman–Crippen LogP) is 4.83. The van der Waals surface area contributed by atoms with Crippen LogP contribution in [0.3, 0.4) is 0 Å². The summed E-state index contributed by atoms with van der Waals surface area (Å²) in [4.78, 5) is 15.3. The van der Waals surface area contributed by atoms with Gasteiger partial charge in [-0.1, -0.05) is 36.2 Å². The van der Waals surface area contributed by atoms with Crippen LogP contribution in [-0.4, -0.2) is 43.7 Å². The normalized spacial score (nSPS) is 16.3. The summed E-state index contributed by atoms with van der Waals surface area (Å²) in [5.74, 6) is 1.50. The van der Waals surface area contributed by atoms with E-state index in [4.69, 9.17) is 25.8 Å². The Morgan fingerprint density at radius 2 is 1.86 bits per heavy atom. The van der Waals surface area contributed by atoms with Crippen molar-refractivity contribution in [1.29, 1.82) is 0 Å². The highest BCUT2D eigenvalue weighted by atomic mass is 35.5. The number of nitrogens with zero attached hydrogens (tertiary/aromatic N) is 1. The Kier molecular flexibility index (Phi) is 6.37. The van der Waals surface area contributed by atoms with Crippen molar-refractivity contribution in [3.63, 3.8) is 0 Å². The Morgan fingerprint density at radius 3 is 2.66 bits per heavy atom. The van der Waals surface area contributed by atoms with E-state index in [0.29, 0.717) is 34.4 Å². The zero-order valence-corrected chi connectivity index (χ0v) is 17.0. The number of hydrogen-bond acceptors (Lipinski definition) is 5. The summed E-state index contributed by atoms with van der Waals surface area (Å²) in [7, 11) is 0. The fourth-order valence-electron chi connectivity index (χ4n) is 3.57. The maximum atomic E-state index is 12.9. The number of halogens is 1. The first kappa shape index (κ1) is 19.8. The molecule has 2 aliphatic rings.